The average Bonchev–Trinajstić information content (AvgIpc) is 3.12. The van der Waals surface area contributed by atoms with Gasteiger partial charge in [0.1, 0.15) is 10.7 Å². The fraction of sp³-hybridized carbons (Fsp3) is 0.500. The molecule has 0 unspecified atom stereocenters. The van der Waals surface area contributed by atoms with Crippen LogP contribution in [-0.2, 0) is 0 Å². The number of likely N-dealkylation sites (tertiary alicyclic amines) is 1. The molecule has 0 N–H and O–H groups in total. The minimum Gasteiger partial charge on any atom is -0.363 e. The summed E-state index contributed by atoms with van der Waals surface area (Å²) in [7, 11) is 0. The van der Waals surface area contributed by atoms with Crippen molar-refractivity contribution in [1.29, 1.82) is 0 Å². The molecule has 2 aliphatic rings. The maximum absolute atomic E-state index is 13.8. The second-order valence-corrected chi connectivity index (χ2v) is 8.86. The number of amides is 1. The Kier molecular flexibility index (Phi) is 4.26. The Morgan fingerprint density at radius 1 is 1.38 bits per heavy atom. The van der Waals surface area contributed by atoms with Gasteiger partial charge in [0.15, 0.2) is 0 Å². The van der Waals surface area contributed by atoms with Gasteiger partial charge in [0.2, 0.25) is 0 Å². The summed E-state index contributed by atoms with van der Waals surface area (Å²) < 4.78 is 13.8. The van der Waals surface area contributed by atoms with Gasteiger partial charge in [0, 0.05) is 30.4 Å². The summed E-state index contributed by atoms with van der Waals surface area (Å²) in [6.07, 6.45) is 1.91. The molecule has 6 heteroatoms. The minimum absolute atomic E-state index is 0.0530. The number of carbonyl (C=O) groups is 1. The smallest absolute Gasteiger partial charge is 0.265 e. The molecule has 2 aromatic rings. The molecule has 0 radical (unpaired) electrons. The zero-order valence-corrected chi connectivity index (χ0v) is 16.2. The minimum atomic E-state index is -0.199. The number of carbonyl (C=O) groups excluding carboxylic acids is 1. The van der Waals surface area contributed by atoms with Crippen molar-refractivity contribution in [3.63, 3.8) is 0 Å². The lowest BCUT2D eigenvalue weighted by Gasteiger charge is -2.41. The number of fused-ring (bicyclic) bond motifs is 1. The summed E-state index contributed by atoms with van der Waals surface area (Å²) in [4.78, 5) is 22.2. The van der Waals surface area contributed by atoms with E-state index in [1.54, 1.807) is 17.6 Å². The third kappa shape index (κ3) is 2.90. The number of hydrogen-bond donors (Lipinski definition) is 0. The van der Waals surface area contributed by atoms with Crippen molar-refractivity contribution in [1.82, 2.24) is 9.88 Å². The predicted octanol–water partition coefficient (Wildman–Crippen LogP) is 4.11. The van der Waals surface area contributed by atoms with E-state index in [1.165, 1.54) is 17.4 Å². The van der Waals surface area contributed by atoms with Crippen LogP contribution in [0.25, 0.3) is 0 Å². The molecule has 0 spiro atoms. The molecule has 2 saturated heterocycles. The van der Waals surface area contributed by atoms with Gasteiger partial charge in [-0.05, 0) is 57.7 Å². The number of thiazole rings is 1. The largest absolute Gasteiger partial charge is 0.363 e. The maximum atomic E-state index is 13.8. The van der Waals surface area contributed by atoms with Gasteiger partial charge in [-0.3, -0.25) is 4.79 Å². The molecule has 4 rings (SSSR count). The summed E-state index contributed by atoms with van der Waals surface area (Å²) in [6.45, 7) is 7.82. The first-order valence-corrected chi connectivity index (χ1v) is 9.99. The van der Waals surface area contributed by atoms with Gasteiger partial charge in [-0.25, -0.2) is 9.37 Å². The molecule has 1 aromatic heterocycles. The molecule has 2 atom stereocenters. The Bertz CT molecular complexity index is 834. The first-order chi connectivity index (χ1) is 12.4. The highest BCUT2D eigenvalue weighted by Crippen LogP contribution is 2.45. The van der Waals surface area contributed by atoms with E-state index >= 15 is 0 Å². The maximum Gasteiger partial charge on any atom is 0.265 e. The van der Waals surface area contributed by atoms with Crippen molar-refractivity contribution in [2.75, 3.05) is 18.0 Å². The van der Waals surface area contributed by atoms with E-state index in [9.17, 15) is 9.18 Å². The van der Waals surface area contributed by atoms with Gasteiger partial charge in [-0.15, -0.1) is 11.3 Å². The number of piperidine rings is 1. The van der Waals surface area contributed by atoms with Crippen LogP contribution in [0.3, 0.4) is 0 Å². The molecule has 1 aromatic carbocycles. The number of aryl methyl sites for hydroxylation is 1. The van der Waals surface area contributed by atoms with Crippen molar-refractivity contribution in [3.8, 4) is 0 Å². The monoisotopic (exact) mass is 373 g/mol. The number of anilines is 1. The number of aromatic nitrogens is 1. The van der Waals surface area contributed by atoms with Gasteiger partial charge in [-0.1, -0.05) is 6.07 Å². The molecule has 1 amide bonds. The number of nitrogens with zero attached hydrogens (tertiary/aromatic N) is 3. The lowest BCUT2D eigenvalue weighted by molar-refractivity contribution is 0.0671. The molecule has 2 aliphatic heterocycles. The second-order valence-electron chi connectivity index (χ2n) is 8.00. The lowest BCUT2D eigenvalue weighted by atomic mass is 9.89. The highest BCUT2D eigenvalue weighted by atomic mass is 32.1. The number of hydrogen-bond acceptors (Lipinski definition) is 4. The molecule has 3 heterocycles. The number of benzene rings is 1. The SMILES string of the molecule is Cc1ncsc1C(=O)N1CC[C@H]2[C@@H](C1)CC(C)(C)N2c1cccc(F)c1. The Morgan fingerprint density at radius 2 is 2.19 bits per heavy atom. The lowest BCUT2D eigenvalue weighted by Crippen LogP contribution is -2.50. The average molecular weight is 373 g/mol. The van der Waals surface area contributed by atoms with E-state index in [2.05, 4.69) is 23.7 Å². The van der Waals surface area contributed by atoms with Gasteiger partial charge in [0.05, 0.1) is 11.2 Å². The molecular formula is C20H24FN3OS. The predicted molar refractivity (Wildman–Crippen MR) is 102 cm³/mol. The van der Waals surface area contributed by atoms with E-state index in [0.717, 1.165) is 42.2 Å². The Morgan fingerprint density at radius 3 is 2.88 bits per heavy atom. The zero-order chi connectivity index (χ0) is 18.5. The summed E-state index contributed by atoms with van der Waals surface area (Å²) in [5.74, 6) is 0.305. The molecule has 2 fully saturated rings. The van der Waals surface area contributed by atoms with Crippen molar-refractivity contribution < 1.29 is 9.18 Å². The fourth-order valence-electron chi connectivity index (χ4n) is 4.75. The molecular weight excluding hydrogens is 349 g/mol. The van der Waals surface area contributed by atoms with Crippen LogP contribution in [0.5, 0.6) is 0 Å². The summed E-state index contributed by atoms with van der Waals surface area (Å²) in [5.41, 5.74) is 3.44. The van der Waals surface area contributed by atoms with Gasteiger partial charge < -0.3 is 9.80 Å². The van der Waals surface area contributed by atoms with E-state index in [-0.39, 0.29) is 17.3 Å². The van der Waals surface area contributed by atoms with E-state index < -0.39 is 0 Å². The fourth-order valence-corrected chi connectivity index (χ4v) is 5.52. The van der Waals surface area contributed by atoms with Crippen molar-refractivity contribution in [2.45, 2.75) is 45.2 Å². The quantitative estimate of drug-likeness (QED) is 0.795. The summed E-state index contributed by atoms with van der Waals surface area (Å²) in [5, 5.41) is 0. The topological polar surface area (TPSA) is 36.4 Å². The van der Waals surface area contributed by atoms with Crippen LogP contribution in [0.1, 0.15) is 42.1 Å². The Hall–Kier alpha value is -1.95. The third-order valence-corrected chi connectivity index (χ3v) is 6.67. The van der Waals surface area contributed by atoms with Crippen LogP contribution in [0, 0.1) is 18.7 Å². The van der Waals surface area contributed by atoms with Crippen LogP contribution in [0.4, 0.5) is 10.1 Å². The summed E-state index contributed by atoms with van der Waals surface area (Å²) >= 11 is 1.42. The highest BCUT2D eigenvalue weighted by molar-refractivity contribution is 7.11. The standard InChI is InChI=1S/C20H24FN3OS/c1-13-18(26-12-22-13)19(25)23-8-7-17-14(11-23)10-20(2,3)24(17)16-6-4-5-15(21)9-16/h4-6,9,12,14,17H,7-8,10-11H2,1-3H3/t14-,17+/m1/s1. The van der Waals surface area contributed by atoms with E-state index in [1.807, 2.05) is 17.9 Å². The first kappa shape index (κ1) is 17.5. The van der Waals surface area contributed by atoms with Crippen molar-refractivity contribution >= 4 is 22.9 Å². The highest BCUT2D eigenvalue weighted by Gasteiger charge is 2.48. The van der Waals surface area contributed by atoms with E-state index in [0.29, 0.717) is 12.0 Å². The van der Waals surface area contributed by atoms with Crippen molar-refractivity contribution in [2.24, 2.45) is 5.92 Å². The van der Waals surface area contributed by atoms with Gasteiger partial charge in [-0.2, -0.15) is 0 Å². The second kappa shape index (κ2) is 6.34. The Labute approximate surface area is 157 Å². The van der Waals surface area contributed by atoms with Crippen LogP contribution in [0.15, 0.2) is 29.8 Å². The van der Waals surface area contributed by atoms with Gasteiger partial charge in [0.25, 0.3) is 5.91 Å². The molecule has 26 heavy (non-hydrogen) atoms. The first-order valence-electron chi connectivity index (χ1n) is 9.11. The summed E-state index contributed by atoms with van der Waals surface area (Å²) in [6, 6.07) is 7.23. The van der Waals surface area contributed by atoms with Crippen LogP contribution >= 0.6 is 11.3 Å². The molecule has 138 valence electrons. The molecule has 0 aliphatic carbocycles. The molecule has 4 nitrogen and oxygen atoms in total. The number of rotatable bonds is 2. The van der Waals surface area contributed by atoms with Crippen LogP contribution in [0.2, 0.25) is 0 Å². The van der Waals surface area contributed by atoms with E-state index in [4.69, 9.17) is 0 Å². The molecule has 0 saturated carbocycles. The van der Waals surface area contributed by atoms with Crippen LogP contribution in [-0.4, -0.2) is 40.5 Å². The van der Waals surface area contributed by atoms with Crippen molar-refractivity contribution in [3.05, 3.63) is 46.2 Å². The third-order valence-electron chi connectivity index (χ3n) is 5.75. The van der Waals surface area contributed by atoms with Gasteiger partial charge >= 0.3 is 0 Å². The normalized spacial score (nSPS) is 24.6. The molecule has 0 bridgehead atoms. The van der Waals surface area contributed by atoms with Crippen LogP contribution < -0.4 is 4.90 Å². The zero-order valence-electron chi connectivity index (χ0n) is 15.4. The number of halogens is 1. The Balaban J connectivity index is 1.57.